The molecule has 6 nitrogen and oxygen atoms in total. The predicted molar refractivity (Wildman–Crippen MR) is 103 cm³/mol. The van der Waals surface area contributed by atoms with Crippen LogP contribution in [0.25, 0.3) is 5.82 Å². The summed E-state index contributed by atoms with van der Waals surface area (Å²) < 4.78 is 38.7. The molecule has 0 radical (unpaired) electrons. The van der Waals surface area contributed by atoms with E-state index in [9.17, 15) is 23.1 Å². The van der Waals surface area contributed by atoms with Gasteiger partial charge in [-0.15, -0.1) is 0 Å². The van der Waals surface area contributed by atoms with Gasteiger partial charge in [-0.1, -0.05) is 35.3 Å². The minimum absolute atomic E-state index is 0.0328. The lowest BCUT2D eigenvalue weighted by molar-refractivity contribution is -0.137. The van der Waals surface area contributed by atoms with Gasteiger partial charge in [-0.3, -0.25) is 4.79 Å². The van der Waals surface area contributed by atoms with Crippen molar-refractivity contribution in [3.63, 3.8) is 0 Å². The molecule has 0 bridgehead atoms. The molecule has 0 aliphatic carbocycles. The van der Waals surface area contributed by atoms with Gasteiger partial charge in [0.25, 0.3) is 5.56 Å². The molecule has 1 aromatic carbocycles. The van der Waals surface area contributed by atoms with Crippen molar-refractivity contribution in [2.24, 2.45) is 0 Å². The van der Waals surface area contributed by atoms with Crippen molar-refractivity contribution < 1.29 is 18.3 Å². The highest BCUT2D eigenvalue weighted by atomic mass is 35.5. The van der Waals surface area contributed by atoms with Gasteiger partial charge >= 0.3 is 6.18 Å². The van der Waals surface area contributed by atoms with Crippen LogP contribution in [-0.2, 0) is 6.18 Å². The lowest BCUT2D eigenvalue weighted by Crippen LogP contribution is -2.24. The van der Waals surface area contributed by atoms with Gasteiger partial charge in [0, 0.05) is 17.8 Å². The zero-order valence-corrected chi connectivity index (χ0v) is 16.0. The molecule has 0 aliphatic heterocycles. The van der Waals surface area contributed by atoms with E-state index in [1.807, 2.05) is 0 Å². The van der Waals surface area contributed by atoms with E-state index in [0.717, 1.165) is 16.8 Å². The SMILES string of the molecule is O=c1c(Cl)c(NCC(O)c2ccc(Cl)cc2)cnn1-c1ccc(C(F)(F)F)cn1. The fourth-order valence-corrected chi connectivity index (χ4v) is 2.73. The summed E-state index contributed by atoms with van der Waals surface area (Å²) in [5.41, 5.74) is -0.958. The molecule has 1 atom stereocenters. The maximum atomic E-state index is 12.6. The molecule has 2 heterocycles. The Balaban J connectivity index is 1.77. The first-order chi connectivity index (χ1) is 13.7. The first-order valence-corrected chi connectivity index (χ1v) is 8.91. The second-order valence-electron chi connectivity index (χ2n) is 5.94. The smallest absolute Gasteiger partial charge is 0.387 e. The third-order valence-electron chi connectivity index (χ3n) is 3.95. The van der Waals surface area contributed by atoms with Gasteiger partial charge in [0.05, 0.1) is 23.6 Å². The molecule has 2 aromatic heterocycles. The van der Waals surface area contributed by atoms with Crippen LogP contribution < -0.4 is 10.9 Å². The Bertz CT molecular complexity index is 1050. The Hall–Kier alpha value is -2.62. The van der Waals surface area contributed by atoms with E-state index in [-0.39, 0.29) is 23.1 Å². The molecule has 0 saturated carbocycles. The van der Waals surface area contributed by atoms with Crippen LogP contribution in [0.2, 0.25) is 10.0 Å². The van der Waals surface area contributed by atoms with Crippen molar-refractivity contribution in [1.29, 1.82) is 0 Å². The molecule has 0 fully saturated rings. The number of aliphatic hydroxyl groups excluding tert-OH is 1. The normalized spacial score (nSPS) is 12.6. The fraction of sp³-hybridized carbons (Fsp3) is 0.167. The van der Waals surface area contributed by atoms with Crippen molar-refractivity contribution in [2.75, 3.05) is 11.9 Å². The van der Waals surface area contributed by atoms with Gasteiger partial charge in [0.15, 0.2) is 5.82 Å². The Kier molecular flexibility index (Phi) is 6.11. The van der Waals surface area contributed by atoms with Crippen LogP contribution in [0.15, 0.2) is 53.6 Å². The predicted octanol–water partition coefficient (Wildman–Crippen LogP) is 4.10. The minimum atomic E-state index is -4.54. The monoisotopic (exact) mass is 444 g/mol. The van der Waals surface area contributed by atoms with Crippen LogP contribution in [-0.4, -0.2) is 26.4 Å². The number of halogens is 5. The Morgan fingerprint density at radius 2 is 1.79 bits per heavy atom. The third-order valence-corrected chi connectivity index (χ3v) is 4.57. The highest BCUT2D eigenvalue weighted by Gasteiger charge is 2.30. The average Bonchev–Trinajstić information content (AvgIpc) is 2.69. The molecule has 152 valence electrons. The molecule has 0 amide bonds. The van der Waals surface area contributed by atoms with Gasteiger partial charge in [0.1, 0.15) is 5.02 Å². The molecule has 3 aromatic rings. The summed E-state index contributed by atoms with van der Waals surface area (Å²) in [6.45, 7) is 0.0328. The van der Waals surface area contributed by atoms with E-state index < -0.39 is 23.4 Å². The van der Waals surface area contributed by atoms with E-state index in [4.69, 9.17) is 23.2 Å². The number of aliphatic hydroxyl groups is 1. The van der Waals surface area contributed by atoms with Crippen molar-refractivity contribution in [3.05, 3.63) is 80.3 Å². The first-order valence-electron chi connectivity index (χ1n) is 8.15. The zero-order valence-electron chi connectivity index (χ0n) is 14.5. The van der Waals surface area contributed by atoms with Gasteiger partial charge in [-0.05, 0) is 29.8 Å². The highest BCUT2D eigenvalue weighted by molar-refractivity contribution is 6.33. The number of anilines is 1. The first kappa shape index (κ1) is 21.1. The lowest BCUT2D eigenvalue weighted by atomic mass is 10.1. The van der Waals surface area contributed by atoms with Gasteiger partial charge in [-0.2, -0.15) is 23.0 Å². The number of hydrogen-bond donors (Lipinski definition) is 2. The van der Waals surface area contributed by atoms with Crippen LogP contribution in [0, 0.1) is 0 Å². The summed E-state index contributed by atoms with van der Waals surface area (Å²) in [5, 5.41) is 17.2. The van der Waals surface area contributed by atoms with Gasteiger partial charge < -0.3 is 10.4 Å². The van der Waals surface area contributed by atoms with Crippen LogP contribution in [0.5, 0.6) is 0 Å². The zero-order chi connectivity index (χ0) is 21.2. The van der Waals surface area contributed by atoms with E-state index in [0.29, 0.717) is 16.8 Å². The summed E-state index contributed by atoms with van der Waals surface area (Å²) >= 11 is 11.9. The summed E-state index contributed by atoms with van der Waals surface area (Å²) in [4.78, 5) is 16.0. The van der Waals surface area contributed by atoms with Gasteiger partial charge in [0.2, 0.25) is 0 Å². The summed E-state index contributed by atoms with van der Waals surface area (Å²) in [6, 6.07) is 8.38. The molecular weight excluding hydrogens is 432 g/mol. The van der Waals surface area contributed by atoms with E-state index in [1.54, 1.807) is 24.3 Å². The van der Waals surface area contributed by atoms with Crippen molar-refractivity contribution >= 4 is 28.9 Å². The highest BCUT2D eigenvalue weighted by Crippen LogP contribution is 2.28. The number of rotatable bonds is 5. The maximum absolute atomic E-state index is 12.6. The topological polar surface area (TPSA) is 80.0 Å². The second kappa shape index (κ2) is 8.40. The number of benzene rings is 1. The van der Waals surface area contributed by atoms with Crippen molar-refractivity contribution in [1.82, 2.24) is 14.8 Å². The molecule has 11 heteroatoms. The molecule has 29 heavy (non-hydrogen) atoms. The number of alkyl halides is 3. The summed E-state index contributed by atoms with van der Waals surface area (Å²) in [6.07, 6.45) is -3.62. The minimum Gasteiger partial charge on any atom is -0.387 e. The largest absolute Gasteiger partial charge is 0.417 e. The fourth-order valence-electron chi connectivity index (χ4n) is 2.41. The number of nitrogens with one attached hydrogen (secondary N) is 1. The number of nitrogens with zero attached hydrogens (tertiary/aromatic N) is 3. The maximum Gasteiger partial charge on any atom is 0.417 e. The standard InChI is InChI=1S/C18H13Cl2F3N4O2/c19-12-4-1-10(2-5-12)14(28)9-24-13-8-26-27(17(29)16(13)20)15-6-3-11(7-25-15)18(21,22)23/h1-8,14,24,28H,9H2. The summed E-state index contributed by atoms with van der Waals surface area (Å²) in [5.74, 6) is -0.113. The number of hydrogen-bond acceptors (Lipinski definition) is 5. The van der Waals surface area contributed by atoms with Crippen molar-refractivity contribution in [2.45, 2.75) is 12.3 Å². The van der Waals surface area contributed by atoms with E-state index in [1.165, 1.54) is 6.20 Å². The van der Waals surface area contributed by atoms with Crippen LogP contribution in [0.4, 0.5) is 18.9 Å². The molecule has 3 rings (SSSR count). The van der Waals surface area contributed by atoms with Crippen molar-refractivity contribution in [3.8, 4) is 5.82 Å². The molecule has 0 spiro atoms. The quantitative estimate of drug-likeness (QED) is 0.619. The molecule has 1 unspecified atom stereocenters. The van der Waals surface area contributed by atoms with Crippen LogP contribution in [0.1, 0.15) is 17.2 Å². The Morgan fingerprint density at radius 1 is 1.10 bits per heavy atom. The van der Waals surface area contributed by atoms with Crippen LogP contribution in [0.3, 0.4) is 0 Å². The molecule has 0 saturated heterocycles. The van der Waals surface area contributed by atoms with E-state index in [2.05, 4.69) is 15.4 Å². The Labute approximate surface area is 172 Å². The lowest BCUT2D eigenvalue weighted by Gasteiger charge is -2.14. The van der Waals surface area contributed by atoms with E-state index >= 15 is 0 Å². The molecule has 2 N–H and O–H groups in total. The average molecular weight is 445 g/mol. The number of aromatic nitrogens is 3. The number of pyridine rings is 1. The molecule has 0 aliphatic rings. The third kappa shape index (κ3) is 4.87. The Morgan fingerprint density at radius 3 is 2.38 bits per heavy atom. The second-order valence-corrected chi connectivity index (χ2v) is 6.75. The van der Waals surface area contributed by atoms with Crippen LogP contribution >= 0.6 is 23.2 Å². The summed E-state index contributed by atoms with van der Waals surface area (Å²) in [7, 11) is 0. The van der Waals surface area contributed by atoms with Gasteiger partial charge in [-0.25, -0.2) is 4.98 Å². The molecular formula is C18H13Cl2F3N4O2.